The number of nitrogens with one attached hydrogen (secondary N) is 1. The molecule has 0 aliphatic heterocycles. The van der Waals surface area contributed by atoms with Crippen molar-refractivity contribution in [3.63, 3.8) is 0 Å². The molecule has 164 valence electrons. The Morgan fingerprint density at radius 2 is 1.75 bits per heavy atom. The van der Waals surface area contributed by atoms with Gasteiger partial charge in [0.05, 0.1) is 11.5 Å². The Morgan fingerprint density at radius 1 is 1.09 bits per heavy atom. The van der Waals surface area contributed by atoms with Gasteiger partial charge in [0.1, 0.15) is 14.9 Å². The van der Waals surface area contributed by atoms with E-state index in [1.165, 1.54) is 23.5 Å². The number of rotatable bonds is 7. The summed E-state index contributed by atoms with van der Waals surface area (Å²) in [5.74, 6) is -0.477. The summed E-state index contributed by atoms with van der Waals surface area (Å²) >= 11 is 8.54. The van der Waals surface area contributed by atoms with E-state index in [-0.39, 0.29) is 26.0 Å². The van der Waals surface area contributed by atoms with E-state index in [1.54, 1.807) is 25.1 Å². The SMILES string of the molecule is CCOC(=O)c1c(-c2ccccc2)csc1Nc1nc(S(=O)(=O)c2ccccc2)c(Cl)s1. The number of sulfone groups is 1. The largest absolute Gasteiger partial charge is 0.462 e. The molecule has 0 aliphatic carbocycles. The van der Waals surface area contributed by atoms with Gasteiger partial charge in [-0.05, 0) is 24.6 Å². The van der Waals surface area contributed by atoms with Gasteiger partial charge in [0.15, 0.2) is 10.2 Å². The summed E-state index contributed by atoms with van der Waals surface area (Å²) in [7, 11) is -3.87. The third-order valence-electron chi connectivity index (χ3n) is 4.44. The highest BCUT2D eigenvalue weighted by Crippen LogP contribution is 2.40. The van der Waals surface area contributed by atoms with Crippen LogP contribution in [0.3, 0.4) is 0 Å². The molecule has 6 nitrogen and oxygen atoms in total. The molecule has 0 fully saturated rings. The maximum Gasteiger partial charge on any atom is 0.341 e. The summed E-state index contributed by atoms with van der Waals surface area (Å²) < 4.78 is 31.2. The standard InChI is InChI=1S/C22H17ClN2O4S3/c1-2-29-21(26)17-16(14-9-5-3-6-10-14)13-30-19(17)24-22-25-20(18(23)31-22)32(27,28)15-11-7-4-8-12-15/h3-13H,2H2,1H3,(H,24,25). The number of anilines is 2. The van der Waals surface area contributed by atoms with E-state index in [1.807, 2.05) is 35.7 Å². The number of halogens is 1. The van der Waals surface area contributed by atoms with Gasteiger partial charge in [-0.3, -0.25) is 0 Å². The Balaban J connectivity index is 1.72. The average molecular weight is 505 g/mol. The van der Waals surface area contributed by atoms with Crippen LogP contribution >= 0.6 is 34.3 Å². The zero-order valence-electron chi connectivity index (χ0n) is 16.7. The minimum Gasteiger partial charge on any atom is -0.462 e. The zero-order valence-corrected chi connectivity index (χ0v) is 19.9. The number of thiophene rings is 1. The van der Waals surface area contributed by atoms with Gasteiger partial charge in [-0.25, -0.2) is 18.2 Å². The van der Waals surface area contributed by atoms with Gasteiger partial charge in [0.25, 0.3) is 0 Å². The summed E-state index contributed by atoms with van der Waals surface area (Å²) in [6, 6.07) is 17.4. The van der Waals surface area contributed by atoms with Crippen molar-refractivity contribution >= 4 is 60.2 Å². The van der Waals surface area contributed by atoms with Crippen molar-refractivity contribution in [1.82, 2.24) is 4.98 Å². The number of nitrogens with zero attached hydrogens (tertiary/aromatic N) is 1. The van der Waals surface area contributed by atoms with Crippen LogP contribution < -0.4 is 5.32 Å². The van der Waals surface area contributed by atoms with Crippen molar-refractivity contribution in [2.45, 2.75) is 16.8 Å². The van der Waals surface area contributed by atoms with Crippen molar-refractivity contribution in [3.8, 4) is 11.1 Å². The van der Waals surface area contributed by atoms with Crippen molar-refractivity contribution < 1.29 is 17.9 Å². The summed E-state index contributed by atoms with van der Waals surface area (Å²) in [5, 5.41) is 5.44. The van der Waals surface area contributed by atoms with Gasteiger partial charge in [0, 0.05) is 10.9 Å². The van der Waals surface area contributed by atoms with Crippen LogP contribution in [-0.4, -0.2) is 26.0 Å². The van der Waals surface area contributed by atoms with Crippen molar-refractivity contribution in [3.05, 3.63) is 75.9 Å². The van der Waals surface area contributed by atoms with Gasteiger partial charge >= 0.3 is 5.97 Å². The minimum atomic E-state index is -3.87. The predicted molar refractivity (Wildman–Crippen MR) is 128 cm³/mol. The van der Waals surface area contributed by atoms with E-state index in [0.29, 0.717) is 10.6 Å². The van der Waals surface area contributed by atoms with Gasteiger partial charge in [-0.15, -0.1) is 11.3 Å². The second kappa shape index (κ2) is 9.41. The molecule has 0 saturated carbocycles. The topological polar surface area (TPSA) is 85.4 Å². The van der Waals surface area contributed by atoms with Crippen molar-refractivity contribution in [1.29, 1.82) is 0 Å². The van der Waals surface area contributed by atoms with Crippen molar-refractivity contribution in [2.24, 2.45) is 0 Å². The summed E-state index contributed by atoms with van der Waals surface area (Å²) in [4.78, 5) is 17.1. The molecular formula is C22H17ClN2O4S3. The highest BCUT2D eigenvalue weighted by atomic mass is 35.5. The van der Waals surface area contributed by atoms with Gasteiger partial charge in [0.2, 0.25) is 9.84 Å². The molecule has 2 aromatic heterocycles. The van der Waals surface area contributed by atoms with Crippen LogP contribution in [0.1, 0.15) is 17.3 Å². The lowest BCUT2D eigenvalue weighted by atomic mass is 10.0. The molecule has 0 amide bonds. The Kier molecular flexibility index (Phi) is 6.61. The van der Waals surface area contributed by atoms with Gasteiger partial charge in [-0.2, -0.15) is 0 Å². The fraction of sp³-hybridized carbons (Fsp3) is 0.0909. The molecule has 4 aromatic rings. The van der Waals surface area contributed by atoms with Crippen molar-refractivity contribution in [2.75, 3.05) is 11.9 Å². The second-order valence-corrected chi connectivity index (χ2v) is 10.8. The Labute approximate surface area is 198 Å². The maximum absolute atomic E-state index is 12.9. The lowest BCUT2D eigenvalue weighted by molar-refractivity contribution is 0.0529. The summed E-state index contributed by atoms with van der Waals surface area (Å²) in [6.45, 7) is 1.96. The first-order valence-electron chi connectivity index (χ1n) is 9.49. The number of ether oxygens (including phenoxy) is 1. The lowest BCUT2D eigenvalue weighted by Gasteiger charge is -2.08. The molecule has 4 rings (SSSR count). The number of hydrogen-bond acceptors (Lipinski definition) is 8. The van der Waals surface area contributed by atoms with Gasteiger partial charge in [-0.1, -0.05) is 71.5 Å². The number of hydrogen-bond donors (Lipinski definition) is 1. The molecule has 0 radical (unpaired) electrons. The molecule has 0 spiro atoms. The molecule has 10 heteroatoms. The Bertz CT molecular complexity index is 1350. The number of aromatic nitrogens is 1. The molecule has 0 saturated heterocycles. The third-order valence-corrected chi connectivity index (χ3v) is 8.45. The normalized spacial score (nSPS) is 11.3. The van der Waals surface area contributed by atoms with Crippen LogP contribution in [0.2, 0.25) is 4.34 Å². The number of benzene rings is 2. The first kappa shape index (κ1) is 22.5. The molecule has 0 unspecified atom stereocenters. The van der Waals surface area contributed by atoms with Crippen LogP contribution in [-0.2, 0) is 14.6 Å². The van der Waals surface area contributed by atoms with E-state index in [0.717, 1.165) is 22.5 Å². The highest BCUT2D eigenvalue weighted by molar-refractivity contribution is 7.91. The third kappa shape index (κ3) is 4.42. The fourth-order valence-electron chi connectivity index (χ4n) is 3.00. The molecule has 32 heavy (non-hydrogen) atoms. The van der Waals surface area contributed by atoms with E-state index in [2.05, 4.69) is 10.3 Å². The maximum atomic E-state index is 12.9. The Hall–Kier alpha value is -2.72. The quantitative estimate of drug-likeness (QED) is 0.298. The monoisotopic (exact) mass is 504 g/mol. The first-order chi connectivity index (χ1) is 15.4. The van der Waals surface area contributed by atoms with E-state index >= 15 is 0 Å². The predicted octanol–water partition coefficient (Wildman–Crippen LogP) is 6.28. The first-order valence-corrected chi connectivity index (χ1v) is 13.0. The lowest BCUT2D eigenvalue weighted by Crippen LogP contribution is -2.07. The zero-order chi connectivity index (χ0) is 22.7. The smallest absolute Gasteiger partial charge is 0.341 e. The number of carbonyl (C=O) groups excluding carboxylic acids is 1. The van der Waals surface area contributed by atoms with E-state index in [4.69, 9.17) is 16.3 Å². The van der Waals surface area contributed by atoms with Crippen LogP contribution in [0, 0.1) is 0 Å². The van der Waals surface area contributed by atoms with Crippen LogP contribution in [0.15, 0.2) is 76.0 Å². The summed E-state index contributed by atoms with van der Waals surface area (Å²) in [5.41, 5.74) is 1.95. The molecule has 0 atom stereocenters. The van der Waals surface area contributed by atoms with Crippen LogP contribution in [0.25, 0.3) is 11.1 Å². The van der Waals surface area contributed by atoms with E-state index < -0.39 is 15.8 Å². The number of thiazole rings is 1. The minimum absolute atomic E-state index is 0.0360. The fourth-order valence-corrected chi connectivity index (χ4v) is 6.85. The highest BCUT2D eigenvalue weighted by Gasteiger charge is 2.27. The van der Waals surface area contributed by atoms with Gasteiger partial charge < -0.3 is 10.1 Å². The Morgan fingerprint density at radius 3 is 2.41 bits per heavy atom. The molecule has 2 heterocycles. The molecule has 1 N–H and O–H groups in total. The number of carbonyl (C=O) groups is 1. The molecule has 2 aromatic carbocycles. The van der Waals surface area contributed by atoms with Crippen LogP contribution in [0.5, 0.6) is 0 Å². The van der Waals surface area contributed by atoms with E-state index in [9.17, 15) is 13.2 Å². The van der Waals surface area contributed by atoms with Crippen LogP contribution in [0.4, 0.5) is 10.1 Å². The average Bonchev–Trinajstić information content (AvgIpc) is 3.39. The molecule has 0 bridgehead atoms. The molecular weight excluding hydrogens is 488 g/mol. The summed E-state index contributed by atoms with van der Waals surface area (Å²) in [6.07, 6.45) is 0. The number of esters is 1. The molecule has 0 aliphatic rings. The second-order valence-electron chi connectivity index (χ2n) is 6.48.